The average Bonchev–Trinajstić information content (AvgIpc) is 2.58. The molecule has 0 aromatic carbocycles. The summed E-state index contributed by atoms with van der Waals surface area (Å²) < 4.78 is 5.82. The maximum atomic E-state index is 5.82. The van der Waals surface area contributed by atoms with Gasteiger partial charge >= 0.3 is 0 Å². The van der Waals surface area contributed by atoms with Crippen molar-refractivity contribution in [3.05, 3.63) is 21.4 Å². The zero-order valence-electron chi connectivity index (χ0n) is 9.25. The number of halogens is 1. The van der Waals surface area contributed by atoms with E-state index in [0.717, 1.165) is 6.61 Å². The normalized spacial score (nSPS) is 24.1. The molecular formula is C12H17BrOS. The van der Waals surface area contributed by atoms with Gasteiger partial charge in [0.05, 0.1) is 10.9 Å². The van der Waals surface area contributed by atoms with Crippen LogP contribution in [-0.4, -0.2) is 12.7 Å². The van der Waals surface area contributed by atoms with Gasteiger partial charge in [0, 0.05) is 16.4 Å². The molecule has 0 N–H and O–H groups in total. The summed E-state index contributed by atoms with van der Waals surface area (Å²) in [6, 6.07) is 2.29. The van der Waals surface area contributed by atoms with Gasteiger partial charge in [-0.25, -0.2) is 0 Å². The molecule has 0 saturated carbocycles. The van der Waals surface area contributed by atoms with Crippen LogP contribution in [0, 0.1) is 13.8 Å². The number of hydrogen-bond acceptors (Lipinski definition) is 2. The minimum Gasteiger partial charge on any atom is -0.377 e. The Bertz CT molecular complexity index is 328. The van der Waals surface area contributed by atoms with Crippen molar-refractivity contribution in [3.63, 3.8) is 0 Å². The van der Waals surface area contributed by atoms with Gasteiger partial charge in [-0.05, 0) is 44.7 Å². The van der Waals surface area contributed by atoms with E-state index < -0.39 is 0 Å². The second-order valence-electron chi connectivity index (χ2n) is 4.18. The van der Waals surface area contributed by atoms with Crippen molar-refractivity contribution in [2.75, 3.05) is 6.61 Å². The number of thiophene rings is 1. The summed E-state index contributed by atoms with van der Waals surface area (Å²) in [5.74, 6) is 0. The topological polar surface area (TPSA) is 9.23 Å². The molecule has 0 bridgehead atoms. The third-order valence-corrected chi connectivity index (χ3v) is 4.98. The quantitative estimate of drug-likeness (QED) is 0.735. The molecule has 1 saturated heterocycles. The highest BCUT2D eigenvalue weighted by Gasteiger charge is 2.25. The van der Waals surface area contributed by atoms with Crippen LogP contribution in [0.4, 0.5) is 0 Å². The van der Waals surface area contributed by atoms with Crippen LogP contribution in [0.25, 0.3) is 0 Å². The highest BCUT2D eigenvalue weighted by atomic mass is 79.9. The van der Waals surface area contributed by atoms with Crippen molar-refractivity contribution >= 4 is 27.3 Å². The first-order valence-electron chi connectivity index (χ1n) is 5.51. The number of ether oxygens (including phenoxy) is 1. The van der Waals surface area contributed by atoms with Gasteiger partial charge in [-0.1, -0.05) is 15.9 Å². The van der Waals surface area contributed by atoms with E-state index in [4.69, 9.17) is 4.74 Å². The minimum atomic E-state index is 0.367. The summed E-state index contributed by atoms with van der Waals surface area (Å²) in [6.07, 6.45) is 4.07. The van der Waals surface area contributed by atoms with Crippen LogP contribution < -0.4 is 0 Å². The third-order valence-electron chi connectivity index (χ3n) is 2.92. The predicted molar refractivity (Wildman–Crippen MR) is 69.1 cm³/mol. The standard InChI is InChI=1S/C12H17BrOS/c1-8-7-10(9(2)15-8)12(13)11-5-3-4-6-14-11/h7,11-12H,3-6H2,1-2H3. The molecule has 2 heterocycles. The molecule has 1 fully saturated rings. The molecule has 1 nitrogen and oxygen atoms in total. The lowest BCUT2D eigenvalue weighted by atomic mass is 10.0. The number of hydrogen-bond donors (Lipinski definition) is 0. The van der Waals surface area contributed by atoms with E-state index >= 15 is 0 Å². The van der Waals surface area contributed by atoms with Crippen LogP contribution in [-0.2, 0) is 4.74 Å². The Morgan fingerprint density at radius 1 is 1.47 bits per heavy atom. The molecule has 2 atom stereocenters. The average molecular weight is 289 g/mol. The first-order chi connectivity index (χ1) is 7.18. The molecule has 0 aliphatic carbocycles. The molecule has 2 unspecified atom stereocenters. The van der Waals surface area contributed by atoms with Gasteiger partial charge in [0.15, 0.2) is 0 Å². The highest BCUT2D eigenvalue weighted by Crippen LogP contribution is 2.37. The maximum Gasteiger partial charge on any atom is 0.0741 e. The minimum absolute atomic E-state index is 0.367. The summed E-state index contributed by atoms with van der Waals surface area (Å²) in [4.78, 5) is 3.19. The summed E-state index contributed by atoms with van der Waals surface area (Å²) in [5.41, 5.74) is 1.42. The van der Waals surface area contributed by atoms with Gasteiger partial charge in [-0.15, -0.1) is 11.3 Å². The van der Waals surface area contributed by atoms with Gasteiger partial charge in [0.2, 0.25) is 0 Å². The van der Waals surface area contributed by atoms with E-state index in [2.05, 4.69) is 35.8 Å². The molecule has 84 valence electrons. The monoisotopic (exact) mass is 288 g/mol. The molecule has 0 radical (unpaired) electrons. The largest absolute Gasteiger partial charge is 0.377 e. The van der Waals surface area contributed by atoms with Crippen molar-refractivity contribution in [2.45, 2.75) is 44.0 Å². The lowest BCUT2D eigenvalue weighted by Gasteiger charge is -2.27. The van der Waals surface area contributed by atoms with Crippen molar-refractivity contribution in [1.29, 1.82) is 0 Å². The molecule has 2 rings (SSSR count). The molecule has 3 heteroatoms. The predicted octanol–water partition coefficient (Wildman–Crippen LogP) is 4.37. The van der Waals surface area contributed by atoms with E-state index in [0.29, 0.717) is 10.9 Å². The van der Waals surface area contributed by atoms with E-state index in [1.165, 1.54) is 34.6 Å². The van der Waals surface area contributed by atoms with Crippen LogP contribution in [0.3, 0.4) is 0 Å². The van der Waals surface area contributed by atoms with Crippen LogP contribution in [0.1, 0.15) is 39.4 Å². The first-order valence-corrected chi connectivity index (χ1v) is 7.24. The second kappa shape index (κ2) is 4.98. The highest BCUT2D eigenvalue weighted by molar-refractivity contribution is 9.09. The van der Waals surface area contributed by atoms with Crippen molar-refractivity contribution < 1.29 is 4.74 Å². The zero-order chi connectivity index (χ0) is 10.8. The molecule has 0 amide bonds. The Hall–Kier alpha value is 0.140. The van der Waals surface area contributed by atoms with Gasteiger partial charge in [-0.3, -0.25) is 0 Å². The summed E-state index contributed by atoms with van der Waals surface area (Å²) in [6.45, 7) is 5.29. The van der Waals surface area contributed by atoms with E-state index in [9.17, 15) is 0 Å². The van der Waals surface area contributed by atoms with Gasteiger partial charge in [0.25, 0.3) is 0 Å². The number of rotatable bonds is 2. The zero-order valence-corrected chi connectivity index (χ0v) is 11.7. The maximum absolute atomic E-state index is 5.82. The first kappa shape index (κ1) is 11.6. The Labute approximate surface area is 104 Å². The van der Waals surface area contributed by atoms with Crippen LogP contribution in [0.2, 0.25) is 0 Å². The Morgan fingerprint density at radius 3 is 2.80 bits per heavy atom. The van der Waals surface area contributed by atoms with Crippen LogP contribution in [0.5, 0.6) is 0 Å². The molecular weight excluding hydrogens is 272 g/mol. The fourth-order valence-corrected chi connectivity index (χ4v) is 4.14. The smallest absolute Gasteiger partial charge is 0.0741 e. The molecule has 1 aliphatic heterocycles. The van der Waals surface area contributed by atoms with Crippen molar-refractivity contribution in [3.8, 4) is 0 Å². The molecule has 1 aromatic heterocycles. The van der Waals surface area contributed by atoms with E-state index in [1.807, 2.05) is 11.3 Å². The lowest BCUT2D eigenvalue weighted by Crippen LogP contribution is -2.23. The Balaban J connectivity index is 2.12. The SMILES string of the molecule is Cc1cc(C(Br)C2CCCCO2)c(C)s1. The fourth-order valence-electron chi connectivity index (χ4n) is 2.12. The molecule has 1 aromatic rings. The van der Waals surface area contributed by atoms with E-state index in [1.54, 1.807) is 0 Å². The second-order valence-corrected chi connectivity index (χ2v) is 6.62. The number of alkyl halides is 1. The van der Waals surface area contributed by atoms with Crippen LogP contribution in [0.15, 0.2) is 6.07 Å². The fraction of sp³-hybridized carbons (Fsp3) is 0.667. The van der Waals surface area contributed by atoms with Gasteiger partial charge < -0.3 is 4.74 Å². The Kier molecular flexibility index (Phi) is 3.86. The van der Waals surface area contributed by atoms with Crippen molar-refractivity contribution in [2.24, 2.45) is 0 Å². The lowest BCUT2D eigenvalue weighted by molar-refractivity contribution is 0.0160. The summed E-state index contributed by atoms with van der Waals surface area (Å²) >= 11 is 5.67. The third kappa shape index (κ3) is 2.63. The Morgan fingerprint density at radius 2 is 2.27 bits per heavy atom. The summed E-state index contributed by atoms with van der Waals surface area (Å²) in [7, 11) is 0. The molecule has 15 heavy (non-hydrogen) atoms. The molecule has 0 spiro atoms. The molecule has 1 aliphatic rings. The van der Waals surface area contributed by atoms with Crippen LogP contribution >= 0.6 is 27.3 Å². The summed E-state index contributed by atoms with van der Waals surface area (Å²) in [5, 5.41) is 0. The van der Waals surface area contributed by atoms with E-state index in [-0.39, 0.29) is 0 Å². The van der Waals surface area contributed by atoms with Gasteiger partial charge in [0.1, 0.15) is 0 Å². The number of aryl methyl sites for hydroxylation is 2. The van der Waals surface area contributed by atoms with Crippen molar-refractivity contribution in [1.82, 2.24) is 0 Å². The van der Waals surface area contributed by atoms with Gasteiger partial charge in [-0.2, -0.15) is 0 Å².